The number of rotatable bonds is 1. The van der Waals surface area contributed by atoms with Crippen molar-refractivity contribution in [2.24, 2.45) is 0 Å². The van der Waals surface area contributed by atoms with E-state index in [-0.39, 0.29) is 5.75 Å². The van der Waals surface area contributed by atoms with Crippen LogP contribution in [0.2, 0.25) is 0 Å². The van der Waals surface area contributed by atoms with E-state index in [9.17, 15) is 4.39 Å². The molecule has 0 amide bonds. The van der Waals surface area contributed by atoms with Crippen molar-refractivity contribution in [2.75, 3.05) is 7.11 Å². The Bertz CT molecular complexity index is 410. The van der Waals surface area contributed by atoms with Gasteiger partial charge >= 0.3 is 0 Å². The lowest BCUT2D eigenvalue weighted by Gasteiger charge is -1.99. The summed E-state index contributed by atoms with van der Waals surface area (Å²) in [6.07, 6.45) is 1.45. The van der Waals surface area contributed by atoms with E-state index in [0.29, 0.717) is 11.0 Å². The van der Waals surface area contributed by atoms with Crippen LogP contribution in [0.4, 0.5) is 4.39 Å². The molecule has 1 aromatic carbocycles. The summed E-state index contributed by atoms with van der Waals surface area (Å²) in [5, 5.41) is 0. The fourth-order valence-electron chi connectivity index (χ4n) is 1.11. The number of nitrogens with one attached hydrogen (secondary N) is 1. The molecule has 1 aromatic heterocycles. The maximum atomic E-state index is 13.3. The summed E-state index contributed by atoms with van der Waals surface area (Å²) in [6, 6.07) is 3.29. The highest BCUT2D eigenvalue weighted by atomic mass is 19.1. The molecule has 4 heteroatoms. The SMILES string of the molecule is COc1ccc2[nH]cnc2c1F. The molecule has 2 rings (SSSR count). The smallest absolute Gasteiger partial charge is 0.192 e. The lowest BCUT2D eigenvalue weighted by atomic mass is 10.3. The zero-order chi connectivity index (χ0) is 8.55. The number of fused-ring (bicyclic) bond motifs is 1. The van der Waals surface area contributed by atoms with Gasteiger partial charge in [-0.2, -0.15) is 0 Å². The number of ether oxygens (including phenoxy) is 1. The van der Waals surface area contributed by atoms with Crippen molar-refractivity contribution in [1.82, 2.24) is 9.97 Å². The summed E-state index contributed by atoms with van der Waals surface area (Å²) in [5.74, 6) is -0.203. The third-order valence-electron chi connectivity index (χ3n) is 1.71. The van der Waals surface area contributed by atoms with Gasteiger partial charge in [0.2, 0.25) is 0 Å². The van der Waals surface area contributed by atoms with Crippen molar-refractivity contribution < 1.29 is 9.13 Å². The number of hydrogen-bond donors (Lipinski definition) is 1. The van der Waals surface area contributed by atoms with Gasteiger partial charge in [0.15, 0.2) is 11.6 Å². The second kappa shape index (κ2) is 2.48. The van der Waals surface area contributed by atoms with Gasteiger partial charge < -0.3 is 9.72 Å². The summed E-state index contributed by atoms with van der Waals surface area (Å²) in [7, 11) is 1.43. The summed E-state index contributed by atoms with van der Waals surface area (Å²) in [6.45, 7) is 0. The molecule has 0 saturated carbocycles. The first-order valence-electron chi connectivity index (χ1n) is 3.48. The molecule has 0 bridgehead atoms. The minimum atomic E-state index is -0.420. The topological polar surface area (TPSA) is 37.9 Å². The van der Waals surface area contributed by atoms with Gasteiger partial charge in [0.05, 0.1) is 19.0 Å². The monoisotopic (exact) mass is 166 g/mol. The molecular weight excluding hydrogens is 159 g/mol. The van der Waals surface area contributed by atoms with Crippen LogP contribution >= 0.6 is 0 Å². The molecule has 0 unspecified atom stereocenters. The number of aromatic amines is 1. The molecule has 1 heterocycles. The van der Waals surface area contributed by atoms with E-state index in [1.807, 2.05) is 0 Å². The quantitative estimate of drug-likeness (QED) is 0.700. The minimum Gasteiger partial charge on any atom is -0.494 e. The van der Waals surface area contributed by atoms with Crippen molar-refractivity contribution in [1.29, 1.82) is 0 Å². The van der Waals surface area contributed by atoms with Gasteiger partial charge in [-0.1, -0.05) is 0 Å². The first-order chi connectivity index (χ1) is 5.83. The first-order valence-corrected chi connectivity index (χ1v) is 3.48. The fraction of sp³-hybridized carbons (Fsp3) is 0.125. The number of methoxy groups -OCH3 is 1. The molecule has 0 aliphatic rings. The highest BCUT2D eigenvalue weighted by molar-refractivity contribution is 5.76. The van der Waals surface area contributed by atoms with Gasteiger partial charge in [0, 0.05) is 0 Å². The average Bonchev–Trinajstić information content (AvgIpc) is 2.53. The van der Waals surface area contributed by atoms with Gasteiger partial charge in [-0.25, -0.2) is 9.37 Å². The van der Waals surface area contributed by atoms with Gasteiger partial charge in [0.1, 0.15) is 5.52 Å². The van der Waals surface area contributed by atoms with Gasteiger partial charge in [-0.3, -0.25) is 0 Å². The second-order valence-corrected chi connectivity index (χ2v) is 2.38. The van der Waals surface area contributed by atoms with E-state index in [2.05, 4.69) is 9.97 Å². The van der Waals surface area contributed by atoms with Crippen LogP contribution < -0.4 is 4.74 Å². The molecule has 0 aliphatic heterocycles. The molecule has 0 radical (unpaired) electrons. The molecule has 12 heavy (non-hydrogen) atoms. The summed E-state index contributed by atoms with van der Waals surface area (Å²) in [4.78, 5) is 6.62. The van der Waals surface area contributed by atoms with Crippen molar-refractivity contribution in [2.45, 2.75) is 0 Å². The molecule has 2 aromatic rings. The number of H-pyrrole nitrogens is 1. The lowest BCUT2D eigenvalue weighted by Crippen LogP contribution is -1.88. The van der Waals surface area contributed by atoms with Crippen LogP contribution in [0.3, 0.4) is 0 Å². The van der Waals surface area contributed by atoms with E-state index < -0.39 is 5.82 Å². The Hall–Kier alpha value is -1.58. The van der Waals surface area contributed by atoms with Crippen LogP contribution in [-0.4, -0.2) is 17.1 Å². The summed E-state index contributed by atoms with van der Waals surface area (Å²) < 4.78 is 18.1. The standard InChI is InChI=1S/C8H7FN2O/c1-12-6-3-2-5-8(7(6)9)11-4-10-5/h2-4H,1H3,(H,10,11). The van der Waals surface area contributed by atoms with Gasteiger partial charge in [-0.15, -0.1) is 0 Å². The predicted octanol–water partition coefficient (Wildman–Crippen LogP) is 1.71. The maximum absolute atomic E-state index is 13.3. The molecule has 1 N–H and O–H groups in total. The molecule has 62 valence electrons. The van der Waals surface area contributed by atoms with Crippen molar-refractivity contribution >= 4 is 11.0 Å². The molecular formula is C8H7FN2O. The molecule has 0 atom stereocenters. The Labute approximate surface area is 68.2 Å². The average molecular weight is 166 g/mol. The van der Waals surface area contributed by atoms with Crippen LogP contribution in [0.15, 0.2) is 18.5 Å². The van der Waals surface area contributed by atoms with E-state index in [0.717, 1.165) is 0 Å². The van der Waals surface area contributed by atoms with Crippen molar-refractivity contribution in [3.63, 3.8) is 0 Å². The van der Waals surface area contributed by atoms with E-state index >= 15 is 0 Å². The molecule has 3 nitrogen and oxygen atoms in total. The van der Waals surface area contributed by atoms with E-state index in [4.69, 9.17) is 4.74 Å². The Morgan fingerprint density at radius 2 is 2.33 bits per heavy atom. The normalized spacial score (nSPS) is 10.5. The zero-order valence-electron chi connectivity index (χ0n) is 6.47. The molecule has 0 spiro atoms. The van der Waals surface area contributed by atoms with Crippen molar-refractivity contribution in [3.05, 3.63) is 24.3 Å². The van der Waals surface area contributed by atoms with E-state index in [1.54, 1.807) is 12.1 Å². The number of aromatic nitrogens is 2. The maximum Gasteiger partial charge on any atom is 0.192 e. The third kappa shape index (κ3) is 0.845. The first kappa shape index (κ1) is 7.09. The summed E-state index contributed by atoms with van der Waals surface area (Å²) in [5.41, 5.74) is 0.989. The van der Waals surface area contributed by atoms with Crippen LogP contribution in [0, 0.1) is 5.82 Å². The van der Waals surface area contributed by atoms with Gasteiger partial charge in [-0.05, 0) is 12.1 Å². The largest absolute Gasteiger partial charge is 0.494 e. The Morgan fingerprint density at radius 3 is 3.08 bits per heavy atom. The van der Waals surface area contributed by atoms with Crippen LogP contribution in [-0.2, 0) is 0 Å². The van der Waals surface area contributed by atoms with Crippen LogP contribution in [0.5, 0.6) is 5.75 Å². The van der Waals surface area contributed by atoms with Crippen molar-refractivity contribution in [3.8, 4) is 5.75 Å². The fourth-order valence-corrected chi connectivity index (χ4v) is 1.11. The number of benzene rings is 1. The summed E-state index contributed by atoms with van der Waals surface area (Å²) >= 11 is 0. The molecule has 0 aliphatic carbocycles. The molecule has 0 fully saturated rings. The number of imidazole rings is 1. The Morgan fingerprint density at radius 1 is 1.50 bits per heavy atom. The van der Waals surface area contributed by atoms with E-state index in [1.165, 1.54) is 13.4 Å². The van der Waals surface area contributed by atoms with Gasteiger partial charge in [0.25, 0.3) is 0 Å². The zero-order valence-corrected chi connectivity index (χ0v) is 6.47. The Kier molecular flexibility index (Phi) is 1.46. The minimum absolute atomic E-state index is 0.217. The number of nitrogens with zero attached hydrogens (tertiary/aromatic N) is 1. The Balaban J connectivity index is 2.78. The lowest BCUT2D eigenvalue weighted by molar-refractivity contribution is 0.388. The highest BCUT2D eigenvalue weighted by Crippen LogP contribution is 2.22. The third-order valence-corrected chi connectivity index (χ3v) is 1.71. The van der Waals surface area contributed by atoms with Crippen LogP contribution in [0.1, 0.15) is 0 Å². The molecule has 0 saturated heterocycles. The predicted molar refractivity (Wildman–Crippen MR) is 42.6 cm³/mol. The number of halogens is 1. The number of hydrogen-bond acceptors (Lipinski definition) is 2. The van der Waals surface area contributed by atoms with Crippen LogP contribution in [0.25, 0.3) is 11.0 Å². The highest BCUT2D eigenvalue weighted by Gasteiger charge is 2.08. The second-order valence-electron chi connectivity index (χ2n) is 2.38.